The topological polar surface area (TPSA) is 155 Å². The van der Waals surface area contributed by atoms with Gasteiger partial charge in [-0.1, -0.05) is 23.7 Å². The Morgan fingerprint density at radius 1 is 1.17 bits per heavy atom. The van der Waals surface area contributed by atoms with Crippen LogP contribution in [0.4, 0.5) is 0 Å². The van der Waals surface area contributed by atoms with E-state index >= 15 is 0 Å². The number of aromatic nitrogens is 6. The number of fused-ring (bicyclic) bond motifs is 3. The molecule has 42 heavy (non-hydrogen) atoms. The molecule has 0 saturated heterocycles. The van der Waals surface area contributed by atoms with E-state index in [-0.39, 0.29) is 30.2 Å². The molecule has 1 aliphatic heterocycles. The van der Waals surface area contributed by atoms with Crippen molar-refractivity contribution in [3.05, 3.63) is 76.7 Å². The summed E-state index contributed by atoms with van der Waals surface area (Å²) in [6.07, 6.45) is 3.10. The largest absolute Gasteiger partial charge is 0.485 e. The summed E-state index contributed by atoms with van der Waals surface area (Å²) in [6, 6.07) is 10.3. The van der Waals surface area contributed by atoms with Gasteiger partial charge in [-0.2, -0.15) is 5.26 Å². The van der Waals surface area contributed by atoms with Gasteiger partial charge >= 0.3 is 0 Å². The summed E-state index contributed by atoms with van der Waals surface area (Å²) in [5.74, 6) is 0.936. The van der Waals surface area contributed by atoms with Gasteiger partial charge in [0.25, 0.3) is 5.88 Å². The van der Waals surface area contributed by atoms with Gasteiger partial charge in [-0.25, -0.2) is 23.4 Å². The van der Waals surface area contributed by atoms with Crippen molar-refractivity contribution in [2.75, 3.05) is 13.7 Å². The minimum Gasteiger partial charge on any atom is -0.485 e. The van der Waals surface area contributed by atoms with Gasteiger partial charge in [-0.3, -0.25) is 4.57 Å². The third kappa shape index (κ3) is 5.78. The van der Waals surface area contributed by atoms with Crippen molar-refractivity contribution < 1.29 is 22.6 Å². The molecule has 0 amide bonds. The molecule has 5 rings (SSSR count). The minimum absolute atomic E-state index is 0.0786. The number of nitrogens with zero attached hydrogens (tertiary/aromatic N) is 7. The second-order valence-electron chi connectivity index (χ2n) is 9.95. The van der Waals surface area contributed by atoms with Crippen molar-refractivity contribution in [2.24, 2.45) is 0 Å². The summed E-state index contributed by atoms with van der Waals surface area (Å²) in [7, 11) is -2.45. The number of benzene rings is 1. The van der Waals surface area contributed by atoms with Crippen LogP contribution in [0.2, 0.25) is 5.02 Å². The second kappa shape index (κ2) is 12.0. The zero-order valence-corrected chi connectivity index (χ0v) is 24.9. The fourth-order valence-corrected chi connectivity index (χ4v) is 6.24. The summed E-state index contributed by atoms with van der Waals surface area (Å²) >= 11 is 5.96. The van der Waals surface area contributed by atoms with Crippen molar-refractivity contribution in [3.8, 4) is 29.1 Å². The van der Waals surface area contributed by atoms with E-state index in [1.807, 2.05) is 6.07 Å². The lowest BCUT2D eigenvalue weighted by molar-refractivity contribution is 0.00142. The summed E-state index contributed by atoms with van der Waals surface area (Å²) in [6.45, 7) is 5.25. The Hall–Kier alpha value is -4.12. The van der Waals surface area contributed by atoms with Crippen molar-refractivity contribution in [2.45, 2.75) is 50.0 Å². The van der Waals surface area contributed by atoms with Crippen molar-refractivity contribution in [1.82, 2.24) is 29.7 Å². The predicted octanol–water partition coefficient (Wildman–Crippen LogP) is 4.12. The Morgan fingerprint density at radius 3 is 2.62 bits per heavy atom. The van der Waals surface area contributed by atoms with Gasteiger partial charge in [0, 0.05) is 18.6 Å². The molecule has 3 aromatic heterocycles. The number of rotatable bonds is 9. The Balaban J connectivity index is 1.60. The van der Waals surface area contributed by atoms with Crippen LogP contribution in [-0.2, 0) is 20.3 Å². The molecule has 1 aliphatic rings. The van der Waals surface area contributed by atoms with Crippen molar-refractivity contribution >= 4 is 21.4 Å². The van der Waals surface area contributed by atoms with Crippen LogP contribution in [-0.4, -0.2) is 63.2 Å². The van der Waals surface area contributed by atoms with Crippen molar-refractivity contribution in [3.63, 3.8) is 0 Å². The van der Waals surface area contributed by atoms with E-state index in [9.17, 15) is 13.7 Å². The average molecular weight is 610 g/mol. The maximum atomic E-state index is 14.0. The predicted molar refractivity (Wildman–Crippen MR) is 153 cm³/mol. The van der Waals surface area contributed by atoms with Crippen molar-refractivity contribution in [1.29, 1.82) is 5.26 Å². The molecule has 0 fully saturated rings. The van der Waals surface area contributed by atoms with Gasteiger partial charge in [0.1, 0.15) is 24.3 Å². The normalized spacial score (nSPS) is 16.0. The lowest BCUT2D eigenvalue weighted by Crippen LogP contribution is -2.32. The summed E-state index contributed by atoms with van der Waals surface area (Å²) < 4.78 is 47.3. The van der Waals surface area contributed by atoms with Crippen LogP contribution in [0.1, 0.15) is 55.7 Å². The summed E-state index contributed by atoms with van der Waals surface area (Å²) in [5, 5.41) is 17.6. The first kappa shape index (κ1) is 29.4. The molecule has 218 valence electrons. The molecule has 4 heterocycles. The third-order valence-corrected chi connectivity index (χ3v) is 9.04. The molecule has 0 N–H and O–H groups in total. The van der Waals surface area contributed by atoms with Gasteiger partial charge in [-0.05, 0) is 44.5 Å². The van der Waals surface area contributed by atoms with Gasteiger partial charge < -0.3 is 14.2 Å². The summed E-state index contributed by atoms with van der Waals surface area (Å²) in [5.41, 5.74) is 1.71. The van der Waals surface area contributed by atoms with Gasteiger partial charge in [-0.15, -0.1) is 10.2 Å². The second-order valence-corrected chi connectivity index (χ2v) is 12.7. The van der Waals surface area contributed by atoms with Crippen LogP contribution in [0.15, 0.2) is 48.9 Å². The standard InChI is InChI=1S/C28H28ClN7O5S/c1-16(2)41-24(26-32-12-20(29)13-33-26)17(3)42(37,38)15-23-34-35-27-21-8-9-31-28(39-4)25(21)40-14-22(36(23)27)19-7-5-6-18(10-19)11-30/h5-10,12-13,16-17,22,24H,14-15H2,1-4H3/t17-,22+,24+/m0/s1. The molecule has 0 aliphatic carbocycles. The maximum absolute atomic E-state index is 14.0. The van der Waals surface area contributed by atoms with E-state index in [1.54, 1.807) is 55.8 Å². The highest BCUT2D eigenvalue weighted by atomic mass is 35.5. The molecule has 0 bridgehead atoms. The molecule has 0 radical (unpaired) electrons. The summed E-state index contributed by atoms with van der Waals surface area (Å²) in [4.78, 5) is 12.7. The van der Waals surface area contributed by atoms with Gasteiger partial charge in [0.05, 0.1) is 46.7 Å². The smallest absolute Gasteiger partial charge is 0.257 e. The molecule has 0 unspecified atom stereocenters. The first-order valence-electron chi connectivity index (χ1n) is 13.1. The molecule has 3 atom stereocenters. The molecular weight excluding hydrogens is 582 g/mol. The number of hydrogen-bond donors (Lipinski definition) is 0. The van der Waals surface area contributed by atoms with E-state index in [1.165, 1.54) is 19.5 Å². The number of ether oxygens (including phenoxy) is 3. The van der Waals surface area contributed by atoms with E-state index in [0.717, 1.165) is 5.56 Å². The number of halogens is 1. The first-order chi connectivity index (χ1) is 20.1. The van der Waals surface area contributed by atoms with Crippen LogP contribution in [0.5, 0.6) is 11.6 Å². The zero-order chi connectivity index (χ0) is 30.0. The molecule has 1 aromatic carbocycles. The molecule has 12 nitrogen and oxygen atoms in total. The molecule has 14 heteroatoms. The van der Waals surface area contributed by atoms with E-state index < -0.39 is 33.0 Å². The molecular formula is C28H28ClN7O5S. The number of hydrogen-bond acceptors (Lipinski definition) is 11. The molecule has 4 aromatic rings. The minimum atomic E-state index is -3.93. The number of pyridine rings is 1. The first-order valence-corrected chi connectivity index (χ1v) is 15.2. The van der Waals surface area contributed by atoms with Gasteiger partial charge in [0.2, 0.25) is 0 Å². The van der Waals surface area contributed by atoms with Crippen LogP contribution in [0, 0.1) is 11.3 Å². The monoisotopic (exact) mass is 609 g/mol. The van der Waals surface area contributed by atoms with Crippen LogP contribution in [0.25, 0.3) is 11.4 Å². The van der Waals surface area contributed by atoms with Crippen LogP contribution in [0.3, 0.4) is 0 Å². The maximum Gasteiger partial charge on any atom is 0.257 e. The van der Waals surface area contributed by atoms with E-state index in [0.29, 0.717) is 27.7 Å². The third-order valence-electron chi connectivity index (χ3n) is 6.81. The van der Waals surface area contributed by atoms with E-state index in [2.05, 4.69) is 31.2 Å². The fraction of sp³-hybridized carbons (Fsp3) is 0.357. The molecule has 0 saturated carbocycles. The average Bonchev–Trinajstić information content (AvgIpc) is 3.29. The highest BCUT2D eigenvalue weighted by Crippen LogP contribution is 2.41. The number of sulfone groups is 1. The quantitative estimate of drug-likeness (QED) is 0.269. The Kier molecular flexibility index (Phi) is 8.40. The Labute approximate surface area is 248 Å². The van der Waals surface area contributed by atoms with Crippen LogP contribution < -0.4 is 9.47 Å². The van der Waals surface area contributed by atoms with E-state index in [4.69, 9.17) is 25.8 Å². The lowest BCUT2D eigenvalue weighted by atomic mass is 10.0. The Bertz CT molecular complexity index is 1740. The SMILES string of the molecule is COc1nccc2c1OC[C@H](c1cccc(C#N)c1)n1c(CS(=O)(=O)[C@@H](C)[C@@H](OC(C)C)c3ncc(Cl)cn3)nnc1-2. The van der Waals surface area contributed by atoms with Gasteiger partial charge in [0.15, 0.2) is 27.2 Å². The highest BCUT2D eigenvalue weighted by molar-refractivity contribution is 7.91. The molecule has 0 spiro atoms. The number of nitriles is 1. The fourth-order valence-electron chi connectivity index (χ4n) is 4.76. The highest BCUT2D eigenvalue weighted by Gasteiger charge is 2.38. The lowest BCUT2D eigenvalue weighted by Gasteiger charge is -2.25. The zero-order valence-electron chi connectivity index (χ0n) is 23.3. The Morgan fingerprint density at radius 2 is 1.93 bits per heavy atom. The number of methoxy groups -OCH3 is 1. The van der Waals surface area contributed by atoms with Crippen LogP contribution >= 0.6 is 11.6 Å².